The number of nitrogens with one attached hydrogen (secondary N) is 2. The number of anilines is 1. The van der Waals surface area contributed by atoms with Crippen LogP contribution in [-0.4, -0.2) is 27.4 Å². The van der Waals surface area contributed by atoms with Crippen molar-refractivity contribution in [3.8, 4) is 0 Å². The van der Waals surface area contributed by atoms with Gasteiger partial charge in [-0.15, -0.1) is 0 Å². The lowest BCUT2D eigenvalue weighted by molar-refractivity contribution is -0.131. The van der Waals surface area contributed by atoms with Gasteiger partial charge in [0.15, 0.2) is 0 Å². The Kier molecular flexibility index (Phi) is 3.06. The fraction of sp³-hybridized carbons (Fsp3) is 0.462. The van der Waals surface area contributed by atoms with E-state index in [2.05, 4.69) is 15.7 Å². The predicted molar refractivity (Wildman–Crippen MR) is 72.3 cm³/mol. The quantitative estimate of drug-likeness (QED) is 0.429. The summed E-state index contributed by atoms with van der Waals surface area (Å²) in [4.78, 5) is 29.8. The molecule has 2 fully saturated rings. The summed E-state index contributed by atoms with van der Waals surface area (Å²) < 4.78 is 0. The summed E-state index contributed by atoms with van der Waals surface area (Å²) in [5.41, 5.74) is 2.61. The van der Waals surface area contributed by atoms with E-state index in [1.807, 2.05) is 0 Å². The molecule has 7 heteroatoms. The van der Waals surface area contributed by atoms with Crippen LogP contribution in [0, 0.1) is 0 Å². The van der Waals surface area contributed by atoms with Crippen molar-refractivity contribution in [1.82, 2.24) is 15.2 Å². The molecule has 1 aromatic heterocycles. The summed E-state index contributed by atoms with van der Waals surface area (Å²) in [6, 6.07) is 3.18. The zero-order valence-corrected chi connectivity index (χ0v) is 11.1. The standard InChI is InChI=1S/C13H17N5O2/c14-17-10-7-9(3-6-15-10)8-18-11(19)13(16-12(18)20)4-1-2-5-13/h3,6-7H,1-2,4-5,8,14H2,(H,15,17)(H,16,20). The summed E-state index contributed by atoms with van der Waals surface area (Å²) in [5, 5.41) is 2.86. The van der Waals surface area contributed by atoms with E-state index in [4.69, 9.17) is 5.84 Å². The van der Waals surface area contributed by atoms with Crippen molar-refractivity contribution in [2.75, 3.05) is 5.43 Å². The van der Waals surface area contributed by atoms with Crippen LogP contribution in [0.1, 0.15) is 31.2 Å². The third-order valence-corrected chi connectivity index (χ3v) is 4.02. The zero-order chi connectivity index (χ0) is 14.2. The first-order valence-electron chi connectivity index (χ1n) is 6.70. The molecule has 0 aromatic carbocycles. The normalized spacial score (nSPS) is 20.6. The van der Waals surface area contributed by atoms with Gasteiger partial charge in [-0.05, 0) is 30.5 Å². The molecule has 1 saturated carbocycles. The van der Waals surface area contributed by atoms with Crippen molar-refractivity contribution >= 4 is 17.8 Å². The molecule has 0 atom stereocenters. The van der Waals surface area contributed by atoms with Crippen molar-refractivity contribution in [3.63, 3.8) is 0 Å². The molecule has 4 N–H and O–H groups in total. The largest absolute Gasteiger partial charge is 0.325 e. The van der Waals surface area contributed by atoms with E-state index in [9.17, 15) is 9.59 Å². The highest BCUT2D eigenvalue weighted by atomic mass is 16.2. The van der Waals surface area contributed by atoms with Crippen LogP contribution in [0.25, 0.3) is 0 Å². The monoisotopic (exact) mass is 275 g/mol. The Hall–Kier alpha value is -2.15. The van der Waals surface area contributed by atoms with Gasteiger partial charge in [0.25, 0.3) is 5.91 Å². The first kappa shape index (κ1) is 12.9. The highest BCUT2D eigenvalue weighted by Gasteiger charge is 2.52. The molecular formula is C13H17N5O2. The van der Waals surface area contributed by atoms with Crippen LogP contribution in [0.5, 0.6) is 0 Å². The highest BCUT2D eigenvalue weighted by Crippen LogP contribution is 2.35. The van der Waals surface area contributed by atoms with Gasteiger partial charge < -0.3 is 10.7 Å². The second kappa shape index (κ2) is 4.75. The lowest BCUT2D eigenvalue weighted by atomic mass is 9.98. The van der Waals surface area contributed by atoms with Gasteiger partial charge in [0, 0.05) is 6.20 Å². The molecule has 1 spiro atoms. The van der Waals surface area contributed by atoms with Crippen LogP contribution < -0.4 is 16.6 Å². The molecule has 1 aliphatic carbocycles. The minimum absolute atomic E-state index is 0.112. The molecule has 3 rings (SSSR count). The van der Waals surface area contributed by atoms with Crippen molar-refractivity contribution in [3.05, 3.63) is 23.9 Å². The highest BCUT2D eigenvalue weighted by molar-refractivity contribution is 6.07. The van der Waals surface area contributed by atoms with Gasteiger partial charge in [0.2, 0.25) is 0 Å². The van der Waals surface area contributed by atoms with Crippen LogP contribution in [-0.2, 0) is 11.3 Å². The van der Waals surface area contributed by atoms with E-state index in [1.165, 1.54) is 4.90 Å². The Morgan fingerprint density at radius 1 is 1.40 bits per heavy atom. The zero-order valence-electron chi connectivity index (χ0n) is 11.1. The average molecular weight is 275 g/mol. The van der Waals surface area contributed by atoms with E-state index in [-0.39, 0.29) is 18.5 Å². The molecule has 1 aliphatic heterocycles. The topological polar surface area (TPSA) is 100 Å². The molecule has 2 heterocycles. The number of nitrogens with zero attached hydrogens (tertiary/aromatic N) is 2. The van der Waals surface area contributed by atoms with Crippen molar-refractivity contribution in [1.29, 1.82) is 0 Å². The van der Waals surface area contributed by atoms with Crippen molar-refractivity contribution in [2.24, 2.45) is 5.84 Å². The molecule has 1 aromatic rings. The smallest absolute Gasteiger partial charge is 0.323 e. The molecule has 0 unspecified atom stereocenters. The second-order valence-corrected chi connectivity index (χ2v) is 5.30. The maximum atomic E-state index is 12.5. The Balaban J connectivity index is 1.80. The fourth-order valence-corrected chi connectivity index (χ4v) is 2.97. The number of aromatic nitrogens is 1. The van der Waals surface area contributed by atoms with Crippen LogP contribution >= 0.6 is 0 Å². The minimum Gasteiger partial charge on any atom is -0.323 e. The number of urea groups is 1. The molecule has 20 heavy (non-hydrogen) atoms. The van der Waals surface area contributed by atoms with Gasteiger partial charge in [-0.25, -0.2) is 15.6 Å². The second-order valence-electron chi connectivity index (χ2n) is 5.30. The maximum Gasteiger partial charge on any atom is 0.325 e. The number of hydrogen-bond donors (Lipinski definition) is 3. The molecular weight excluding hydrogens is 258 g/mol. The van der Waals surface area contributed by atoms with Crippen LogP contribution in [0.3, 0.4) is 0 Å². The van der Waals surface area contributed by atoms with E-state index in [0.29, 0.717) is 5.82 Å². The number of hydrogen-bond acceptors (Lipinski definition) is 5. The van der Waals surface area contributed by atoms with E-state index < -0.39 is 5.54 Å². The van der Waals surface area contributed by atoms with Gasteiger partial charge in [0.1, 0.15) is 11.4 Å². The third kappa shape index (κ3) is 2.00. The molecule has 0 radical (unpaired) electrons. The number of pyridine rings is 1. The average Bonchev–Trinajstić information content (AvgIpc) is 3.01. The third-order valence-electron chi connectivity index (χ3n) is 4.02. The fourth-order valence-electron chi connectivity index (χ4n) is 2.97. The summed E-state index contributed by atoms with van der Waals surface area (Å²) in [6.07, 6.45) is 5.03. The van der Waals surface area contributed by atoms with E-state index in [0.717, 1.165) is 31.2 Å². The molecule has 3 amide bonds. The molecule has 106 valence electrons. The number of amides is 3. The predicted octanol–water partition coefficient (Wildman–Crippen LogP) is 0.732. The van der Waals surface area contributed by atoms with Crippen molar-refractivity contribution in [2.45, 2.75) is 37.8 Å². The number of nitrogens with two attached hydrogens (primary N) is 1. The van der Waals surface area contributed by atoms with Gasteiger partial charge in [-0.1, -0.05) is 12.8 Å². The van der Waals surface area contributed by atoms with Gasteiger partial charge in [0.05, 0.1) is 6.54 Å². The minimum atomic E-state index is -0.654. The number of carbonyl (C=O) groups excluding carboxylic acids is 2. The van der Waals surface area contributed by atoms with Gasteiger partial charge in [-0.2, -0.15) is 0 Å². The Morgan fingerprint density at radius 2 is 2.15 bits per heavy atom. The molecule has 0 bridgehead atoms. The van der Waals surface area contributed by atoms with Crippen LogP contribution in [0.4, 0.5) is 10.6 Å². The Labute approximate surface area is 116 Å². The summed E-state index contributed by atoms with van der Waals surface area (Å²) >= 11 is 0. The Morgan fingerprint density at radius 3 is 2.85 bits per heavy atom. The van der Waals surface area contributed by atoms with E-state index in [1.54, 1.807) is 18.3 Å². The van der Waals surface area contributed by atoms with Gasteiger partial charge >= 0.3 is 6.03 Å². The maximum absolute atomic E-state index is 12.5. The SMILES string of the molecule is NNc1cc(CN2C(=O)NC3(CCCC3)C2=O)ccn1. The number of rotatable bonds is 3. The Bertz CT molecular complexity index is 553. The lowest BCUT2D eigenvalue weighted by Crippen LogP contribution is -2.44. The number of imide groups is 1. The number of hydrazine groups is 1. The van der Waals surface area contributed by atoms with Crippen molar-refractivity contribution < 1.29 is 9.59 Å². The van der Waals surface area contributed by atoms with E-state index >= 15 is 0 Å². The number of carbonyl (C=O) groups is 2. The first-order chi connectivity index (χ1) is 9.64. The van der Waals surface area contributed by atoms with Crippen LogP contribution in [0.15, 0.2) is 18.3 Å². The van der Waals surface area contributed by atoms with Gasteiger partial charge in [-0.3, -0.25) is 9.69 Å². The lowest BCUT2D eigenvalue weighted by Gasteiger charge is -2.20. The molecule has 7 nitrogen and oxygen atoms in total. The molecule has 2 aliphatic rings. The van der Waals surface area contributed by atoms with Crippen LogP contribution in [0.2, 0.25) is 0 Å². The first-order valence-corrected chi connectivity index (χ1v) is 6.70. The summed E-state index contributed by atoms with van der Waals surface area (Å²) in [6.45, 7) is 0.240. The summed E-state index contributed by atoms with van der Waals surface area (Å²) in [7, 11) is 0. The number of nitrogen functional groups attached to an aromatic ring is 1. The molecule has 1 saturated heterocycles. The summed E-state index contributed by atoms with van der Waals surface area (Å²) in [5.74, 6) is 5.70.